The highest BCUT2D eigenvalue weighted by Crippen LogP contribution is 2.60. The maximum Gasteiger partial charge on any atom is 0.264 e. The zero-order valence-electron chi connectivity index (χ0n) is 25.4. The molecule has 0 aliphatic carbocycles. The van der Waals surface area contributed by atoms with Gasteiger partial charge >= 0.3 is 0 Å². The van der Waals surface area contributed by atoms with Crippen molar-refractivity contribution in [3.05, 3.63) is 58.6 Å². The fourth-order valence-electron chi connectivity index (χ4n) is 7.86. The lowest BCUT2D eigenvalue weighted by Gasteiger charge is -2.31. The van der Waals surface area contributed by atoms with E-state index in [-0.39, 0.29) is 43.3 Å². The van der Waals surface area contributed by atoms with Crippen molar-refractivity contribution < 1.29 is 28.3 Å². The summed E-state index contributed by atoms with van der Waals surface area (Å²) < 4.78 is 22.9. The number of hydrogen-bond acceptors (Lipinski definition) is 6. The quantitative estimate of drug-likeness (QED) is 0.350. The number of ether oxygens (including phenoxy) is 1. The van der Waals surface area contributed by atoms with E-state index in [1.54, 1.807) is 46.0 Å². The number of amides is 3. The van der Waals surface area contributed by atoms with E-state index in [9.17, 15) is 19.5 Å². The Balaban J connectivity index is 1.31. The second-order valence-corrected chi connectivity index (χ2v) is 17.2. The molecule has 2 aromatic rings. The van der Waals surface area contributed by atoms with Crippen LogP contribution in [0.3, 0.4) is 0 Å². The van der Waals surface area contributed by atoms with Crippen LogP contribution >= 0.6 is 11.6 Å². The number of nitrogens with one attached hydrogen (secondary N) is 1. The highest BCUT2D eigenvalue weighted by atomic mass is 35.5. The third kappa shape index (κ3) is 5.26. The Hall–Kier alpha value is -2.83. The second kappa shape index (κ2) is 11.8. The molecule has 236 valence electrons. The predicted octanol–water partition coefficient (Wildman–Crippen LogP) is 3.97. The van der Waals surface area contributed by atoms with Crippen LogP contribution in [0.25, 0.3) is 0 Å². The molecule has 0 radical (unpaired) electrons. The summed E-state index contributed by atoms with van der Waals surface area (Å²) >= 11 is 6.48. The highest BCUT2D eigenvalue weighted by molar-refractivity contribution is 6.72. The topological polar surface area (TPSA) is 102 Å². The molecule has 44 heavy (non-hydrogen) atoms. The van der Waals surface area contributed by atoms with Crippen LogP contribution in [-0.2, 0) is 31.3 Å². The van der Waals surface area contributed by atoms with Crippen LogP contribution in [0.4, 0.5) is 15.5 Å². The number of hydrogen-bond donors (Lipinski definition) is 2. The first kappa shape index (κ1) is 31.2. The molecule has 4 heterocycles. The number of aliphatic hydroxyl groups excluding tert-OH is 1. The van der Waals surface area contributed by atoms with Crippen LogP contribution in [0.2, 0.25) is 23.7 Å². The molecular weight excluding hydrogens is 603 g/mol. The Labute approximate surface area is 263 Å². The van der Waals surface area contributed by atoms with Crippen molar-refractivity contribution in [3.63, 3.8) is 0 Å². The lowest BCUT2D eigenvalue weighted by Crippen LogP contribution is -2.48. The Morgan fingerprint density at radius 3 is 2.61 bits per heavy atom. The lowest BCUT2D eigenvalue weighted by atomic mass is 9.82. The van der Waals surface area contributed by atoms with E-state index in [1.165, 1.54) is 0 Å². The van der Waals surface area contributed by atoms with Crippen molar-refractivity contribution in [1.82, 2.24) is 10.2 Å². The molecule has 6 rings (SSSR count). The monoisotopic (exact) mass is 642 g/mol. The minimum atomic E-state index is -3.45. The number of halogens is 2. The second-order valence-electron chi connectivity index (χ2n) is 13.0. The van der Waals surface area contributed by atoms with Crippen molar-refractivity contribution in [2.75, 3.05) is 42.6 Å². The van der Waals surface area contributed by atoms with E-state index < -0.39 is 31.6 Å². The van der Waals surface area contributed by atoms with Crippen molar-refractivity contribution in [2.24, 2.45) is 5.92 Å². The third-order valence-corrected chi connectivity index (χ3v) is 12.6. The summed E-state index contributed by atoms with van der Waals surface area (Å²) in [7, 11) is -3.45. The van der Waals surface area contributed by atoms with Gasteiger partial charge in [0.15, 0.2) is 5.60 Å². The maximum absolute atomic E-state index is 16.2. The molecule has 0 unspecified atom stereocenters. The van der Waals surface area contributed by atoms with E-state index in [2.05, 4.69) is 5.32 Å². The number of nitrogens with zero attached hydrogens (tertiary/aromatic N) is 3. The van der Waals surface area contributed by atoms with Crippen LogP contribution in [0, 0.1) is 5.92 Å². The molecule has 4 aliphatic rings. The largest absolute Gasteiger partial charge is 0.394 e. The van der Waals surface area contributed by atoms with Gasteiger partial charge in [-0.2, -0.15) is 0 Å². The smallest absolute Gasteiger partial charge is 0.264 e. The van der Waals surface area contributed by atoms with E-state index >= 15 is 4.11 Å². The molecule has 9 nitrogen and oxygen atoms in total. The van der Waals surface area contributed by atoms with Crippen LogP contribution in [0.1, 0.15) is 37.3 Å². The van der Waals surface area contributed by atoms with Gasteiger partial charge in [-0.25, -0.2) is 0 Å². The SMILES string of the molecule is C[C@@H]1[C@@H]([Si](C)(C)F)[C@H](CC(=O)N2CCC[C@H]2CO)O[C@@]12C(=O)N(Cc1ccc(N3CCNCC3=O)cc1)c1ccc(Cl)cc12. The van der Waals surface area contributed by atoms with Crippen LogP contribution in [-0.4, -0.2) is 81.1 Å². The Kier molecular flexibility index (Phi) is 8.38. The predicted molar refractivity (Wildman–Crippen MR) is 169 cm³/mol. The molecule has 3 amide bonds. The minimum Gasteiger partial charge on any atom is -0.394 e. The molecule has 4 aliphatic heterocycles. The van der Waals surface area contributed by atoms with E-state index in [4.69, 9.17) is 16.3 Å². The summed E-state index contributed by atoms with van der Waals surface area (Å²) in [4.78, 5) is 45.5. The number of rotatable bonds is 7. The summed E-state index contributed by atoms with van der Waals surface area (Å²) in [6, 6.07) is 12.6. The molecule has 5 atom stereocenters. The summed E-state index contributed by atoms with van der Waals surface area (Å²) in [6.07, 6.45) is 0.688. The molecule has 1 spiro atoms. The summed E-state index contributed by atoms with van der Waals surface area (Å²) in [5.41, 5.74) is 0.806. The number of carbonyl (C=O) groups is 3. The van der Waals surface area contributed by atoms with Gasteiger partial charge in [0.05, 0.1) is 44.0 Å². The summed E-state index contributed by atoms with van der Waals surface area (Å²) in [5.74, 6) is -1.01. The lowest BCUT2D eigenvalue weighted by molar-refractivity contribution is -0.150. The molecule has 2 aromatic carbocycles. The third-order valence-electron chi connectivity index (χ3n) is 9.88. The average Bonchev–Trinajstić information content (AvgIpc) is 3.64. The van der Waals surface area contributed by atoms with Crippen LogP contribution in [0.5, 0.6) is 0 Å². The first-order valence-corrected chi connectivity index (χ1v) is 18.8. The van der Waals surface area contributed by atoms with Crippen molar-refractivity contribution in [1.29, 1.82) is 0 Å². The molecule has 0 saturated carbocycles. The molecule has 0 bridgehead atoms. The molecular formula is C32H40ClFN4O5Si. The Bertz CT molecular complexity index is 1460. The number of aliphatic hydroxyl groups is 1. The van der Waals surface area contributed by atoms with Gasteiger partial charge in [-0.15, -0.1) is 0 Å². The van der Waals surface area contributed by atoms with E-state index in [0.29, 0.717) is 35.9 Å². The Morgan fingerprint density at radius 1 is 1.18 bits per heavy atom. The molecule has 3 saturated heterocycles. The molecule has 0 aromatic heterocycles. The average molecular weight is 643 g/mol. The van der Waals surface area contributed by atoms with E-state index in [0.717, 1.165) is 30.6 Å². The maximum atomic E-state index is 16.2. The van der Waals surface area contributed by atoms with Gasteiger partial charge in [-0.05, 0) is 61.8 Å². The minimum absolute atomic E-state index is 0.0115. The normalized spacial score (nSPS) is 28.8. The molecule has 2 N–H and O–H groups in total. The first-order chi connectivity index (χ1) is 21.0. The first-order valence-electron chi connectivity index (χ1n) is 15.4. The molecule has 3 fully saturated rings. The zero-order valence-corrected chi connectivity index (χ0v) is 27.1. The molecule has 12 heteroatoms. The number of likely N-dealkylation sites (tertiary alicyclic amines) is 1. The summed E-state index contributed by atoms with van der Waals surface area (Å²) in [5, 5.41) is 13.3. The van der Waals surface area contributed by atoms with Gasteiger partial charge in [0.1, 0.15) is 0 Å². The van der Waals surface area contributed by atoms with Crippen molar-refractivity contribution >= 4 is 49.1 Å². The van der Waals surface area contributed by atoms with Gasteiger partial charge in [-0.3, -0.25) is 14.4 Å². The van der Waals surface area contributed by atoms with Crippen LogP contribution in [0.15, 0.2) is 42.5 Å². The number of anilines is 2. The number of benzene rings is 2. The highest BCUT2D eigenvalue weighted by Gasteiger charge is 2.67. The van der Waals surface area contributed by atoms with Gasteiger partial charge < -0.3 is 34.0 Å². The number of fused-ring (bicyclic) bond motifs is 2. The zero-order chi connectivity index (χ0) is 31.4. The fourth-order valence-corrected chi connectivity index (χ4v) is 10.5. The van der Waals surface area contributed by atoms with Gasteiger partial charge in [0.2, 0.25) is 20.2 Å². The standard InChI is InChI=1S/C32H40ClFN4O5Si/c1-20-30(44(2,3)34)27(16-28(40)36-13-4-5-24(36)19-39)43-32(20)25-15-22(33)8-11-26(25)38(31(32)42)18-21-6-9-23(10-7-21)37-14-12-35-17-29(37)41/h6-11,15,20,24,27,30,35,39H,4-5,12-14,16-19H2,1-3H3/t20-,24+,27+,30-,32+/m1/s1. The Morgan fingerprint density at radius 2 is 1.93 bits per heavy atom. The van der Waals surface area contributed by atoms with Gasteiger partial charge in [0.25, 0.3) is 5.91 Å². The van der Waals surface area contributed by atoms with E-state index in [1.807, 2.05) is 31.2 Å². The van der Waals surface area contributed by atoms with Gasteiger partial charge in [0, 0.05) is 47.4 Å². The van der Waals surface area contributed by atoms with Crippen molar-refractivity contribution in [3.8, 4) is 0 Å². The van der Waals surface area contributed by atoms with Crippen LogP contribution < -0.4 is 15.1 Å². The van der Waals surface area contributed by atoms with Crippen molar-refractivity contribution in [2.45, 2.75) is 69.1 Å². The summed E-state index contributed by atoms with van der Waals surface area (Å²) in [6.45, 7) is 7.38. The number of piperazine rings is 1. The van der Waals surface area contributed by atoms with Gasteiger partial charge in [-0.1, -0.05) is 30.7 Å². The number of carbonyl (C=O) groups excluding carboxylic acids is 3. The fraction of sp³-hybridized carbons (Fsp3) is 0.531.